The summed E-state index contributed by atoms with van der Waals surface area (Å²) in [5.41, 5.74) is -0.350. The summed E-state index contributed by atoms with van der Waals surface area (Å²) in [6.07, 6.45) is -3.14. The standard InChI is InChI=1S/C28H25F3N4O6/c29-28(30,31)21-22(14-4-2-1-3-5-14)34-40-24(21)26-33-25(35-41-26)16-8-11-18-20(12-16)39-13-19(23(18)36)32-17-9-6-15(7-10-17)27(37)38/h1-5,8,11-12,15,17,19,23,32,36H,6-7,9-10,13H2,(H,37,38)/t15?,17?,19-,23-/m0/s1. The molecule has 1 aliphatic carbocycles. The maximum absolute atomic E-state index is 14.0. The zero-order valence-corrected chi connectivity index (χ0v) is 21.5. The average Bonchev–Trinajstić information content (AvgIpc) is 3.63. The lowest BCUT2D eigenvalue weighted by Crippen LogP contribution is -2.48. The van der Waals surface area contributed by atoms with Crippen LogP contribution in [0.4, 0.5) is 13.2 Å². The third kappa shape index (κ3) is 5.30. The summed E-state index contributed by atoms with van der Waals surface area (Å²) in [4.78, 5) is 15.3. The van der Waals surface area contributed by atoms with Gasteiger partial charge in [-0.3, -0.25) is 4.79 Å². The van der Waals surface area contributed by atoms with Crippen LogP contribution in [-0.2, 0) is 11.0 Å². The Kier molecular flexibility index (Phi) is 6.99. The molecular formula is C28H25F3N4O6. The molecule has 3 N–H and O–H groups in total. The highest BCUT2D eigenvalue weighted by Crippen LogP contribution is 2.43. The van der Waals surface area contributed by atoms with Crippen LogP contribution >= 0.6 is 0 Å². The van der Waals surface area contributed by atoms with E-state index in [0.29, 0.717) is 42.6 Å². The molecule has 2 aromatic heterocycles. The molecule has 0 bridgehead atoms. The van der Waals surface area contributed by atoms with E-state index in [1.165, 1.54) is 12.1 Å². The second kappa shape index (κ2) is 10.6. The van der Waals surface area contributed by atoms with Gasteiger partial charge in [-0.25, -0.2) is 0 Å². The first kappa shape index (κ1) is 27.0. The number of ether oxygens (including phenoxy) is 1. The van der Waals surface area contributed by atoms with Crippen LogP contribution in [-0.4, -0.2) is 50.2 Å². The fraction of sp³-hybridized carbons (Fsp3) is 0.357. The quantitative estimate of drug-likeness (QED) is 0.286. The fourth-order valence-corrected chi connectivity index (χ4v) is 5.40. The number of fused-ring (bicyclic) bond motifs is 1. The molecular weight excluding hydrogens is 545 g/mol. The summed E-state index contributed by atoms with van der Waals surface area (Å²) >= 11 is 0. The predicted molar refractivity (Wildman–Crippen MR) is 136 cm³/mol. The van der Waals surface area contributed by atoms with Gasteiger partial charge < -0.3 is 29.3 Å². The van der Waals surface area contributed by atoms with Crippen LogP contribution in [0.15, 0.2) is 57.6 Å². The van der Waals surface area contributed by atoms with Gasteiger partial charge in [0.05, 0.1) is 12.0 Å². The van der Waals surface area contributed by atoms with Crippen molar-refractivity contribution in [3.63, 3.8) is 0 Å². The maximum Gasteiger partial charge on any atom is 0.422 e. The van der Waals surface area contributed by atoms with Crippen molar-refractivity contribution in [3.8, 4) is 40.0 Å². The van der Waals surface area contributed by atoms with Gasteiger partial charge in [-0.1, -0.05) is 52.8 Å². The second-order valence-corrected chi connectivity index (χ2v) is 10.2. The summed E-state index contributed by atoms with van der Waals surface area (Å²) in [5, 5.41) is 31.1. The summed E-state index contributed by atoms with van der Waals surface area (Å²) in [5.74, 6) is -1.89. The number of rotatable bonds is 6. The van der Waals surface area contributed by atoms with Gasteiger partial charge in [-0.05, 0) is 31.7 Å². The average molecular weight is 571 g/mol. The van der Waals surface area contributed by atoms with Gasteiger partial charge >= 0.3 is 12.1 Å². The summed E-state index contributed by atoms with van der Waals surface area (Å²) in [6, 6.07) is 12.4. The number of hydrogen-bond donors (Lipinski definition) is 3. The Bertz CT molecular complexity index is 1550. The number of aliphatic carboxylic acids is 1. The molecule has 214 valence electrons. The summed E-state index contributed by atoms with van der Waals surface area (Å²) < 4.78 is 58.2. The molecule has 3 heterocycles. The Hall–Kier alpha value is -4.23. The van der Waals surface area contributed by atoms with E-state index in [9.17, 15) is 28.2 Å². The van der Waals surface area contributed by atoms with Gasteiger partial charge in [0.15, 0.2) is 0 Å². The minimum atomic E-state index is -4.80. The van der Waals surface area contributed by atoms with E-state index in [0.717, 1.165) is 0 Å². The highest BCUT2D eigenvalue weighted by atomic mass is 19.4. The summed E-state index contributed by atoms with van der Waals surface area (Å²) in [6.45, 7) is 0.170. The highest BCUT2D eigenvalue weighted by Gasteiger charge is 2.43. The van der Waals surface area contributed by atoms with E-state index >= 15 is 0 Å². The van der Waals surface area contributed by atoms with Crippen molar-refractivity contribution in [1.29, 1.82) is 0 Å². The van der Waals surface area contributed by atoms with E-state index in [1.54, 1.807) is 36.4 Å². The van der Waals surface area contributed by atoms with Crippen molar-refractivity contribution in [2.75, 3.05) is 6.61 Å². The molecule has 4 aromatic rings. The lowest BCUT2D eigenvalue weighted by molar-refractivity contribution is -0.143. The number of aliphatic hydroxyl groups is 1. The van der Waals surface area contributed by atoms with Crippen molar-refractivity contribution in [2.24, 2.45) is 5.92 Å². The van der Waals surface area contributed by atoms with Crippen LogP contribution in [0.2, 0.25) is 0 Å². The molecule has 2 atom stereocenters. The van der Waals surface area contributed by atoms with E-state index in [2.05, 4.69) is 20.6 Å². The molecule has 0 spiro atoms. The number of hydrogen-bond acceptors (Lipinski definition) is 9. The van der Waals surface area contributed by atoms with Crippen LogP contribution in [0.3, 0.4) is 0 Å². The van der Waals surface area contributed by atoms with Gasteiger partial charge in [0.25, 0.3) is 5.89 Å². The first-order chi connectivity index (χ1) is 19.7. The van der Waals surface area contributed by atoms with Crippen molar-refractivity contribution < 1.29 is 42.0 Å². The Morgan fingerprint density at radius 3 is 2.44 bits per heavy atom. The van der Waals surface area contributed by atoms with Gasteiger partial charge in [-0.2, -0.15) is 18.2 Å². The zero-order chi connectivity index (χ0) is 28.7. The largest absolute Gasteiger partial charge is 0.491 e. The topological polar surface area (TPSA) is 144 Å². The maximum atomic E-state index is 14.0. The second-order valence-electron chi connectivity index (χ2n) is 10.2. The van der Waals surface area contributed by atoms with E-state index in [1.807, 2.05) is 0 Å². The molecule has 2 aliphatic rings. The monoisotopic (exact) mass is 570 g/mol. The number of nitrogens with zero attached hydrogens (tertiary/aromatic N) is 3. The molecule has 2 aromatic carbocycles. The molecule has 1 fully saturated rings. The van der Waals surface area contributed by atoms with E-state index in [-0.39, 0.29) is 41.7 Å². The van der Waals surface area contributed by atoms with Crippen LogP contribution < -0.4 is 10.1 Å². The number of halogens is 3. The van der Waals surface area contributed by atoms with Gasteiger partial charge in [0.1, 0.15) is 29.7 Å². The fourth-order valence-electron chi connectivity index (χ4n) is 5.40. The Labute approximate surface area is 231 Å². The molecule has 0 saturated heterocycles. The SMILES string of the molecule is O=C(O)C1CCC(N[C@H]2COc3cc(-c4noc(-c5onc(-c6ccccc6)c5C(F)(F)F)n4)ccc3[C@@H]2O)CC1. The smallest absolute Gasteiger partial charge is 0.422 e. The number of alkyl halides is 3. The number of aliphatic hydroxyl groups excluding tert-OH is 1. The van der Waals surface area contributed by atoms with Gasteiger partial charge in [0.2, 0.25) is 11.6 Å². The minimum Gasteiger partial charge on any atom is -0.491 e. The molecule has 13 heteroatoms. The van der Waals surface area contributed by atoms with Crippen LogP contribution in [0.1, 0.15) is 42.9 Å². The molecule has 0 amide bonds. The molecule has 0 unspecified atom stereocenters. The summed E-state index contributed by atoms with van der Waals surface area (Å²) in [7, 11) is 0. The normalized spacial score (nSPS) is 22.6. The minimum absolute atomic E-state index is 0.00196. The molecule has 1 aliphatic heterocycles. The molecule has 10 nitrogen and oxygen atoms in total. The van der Waals surface area contributed by atoms with Crippen LogP contribution in [0, 0.1) is 5.92 Å². The van der Waals surface area contributed by atoms with Gasteiger partial charge in [-0.15, -0.1) is 0 Å². The van der Waals surface area contributed by atoms with Crippen LogP contribution in [0.25, 0.3) is 34.3 Å². The lowest BCUT2D eigenvalue weighted by Gasteiger charge is -2.36. The van der Waals surface area contributed by atoms with Gasteiger partial charge in [0, 0.05) is 22.7 Å². The number of nitrogens with one attached hydrogen (secondary N) is 1. The third-order valence-corrected chi connectivity index (χ3v) is 7.56. The zero-order valence-electron chi connectivity index (χ0n) is 21.5. The number of carboxylic acids is 1. The van der Waals surface area contributed by atoms with Crippen molar-refractivity contribution in [2.45, 2.75) is 50.0 Å². The Morgan fingerprint density at radius 1 is 0.976 bits per heavy atom. The molecule has 6 rings (SSSR count). The number of carboxylic acid groups (broad SMARTS) is 1. The van der Waals surface area contributed by atoms with Crippen molar-refractivity contribution >= 4 is 5.97 Å². The van der Waals surface area contributed by atoms with Crippen LogP contribution in [0.5, 0.6) is 5.75 Å². The first-order valence-electron chi connectivity index (χ1n) is 13.1. The van der Waals surface area contributed by atoms with E-state index in [4.69, 9.17) is 13.8 Å². The lowest BCUT2D eigenvalue weighted by atomic mass is 9.85. The first-order valence-corrected chi connectivity index (χ1v) is 13.1. The number of carbonyl (C=O) groups is 1. The number of benzene rings is 2. The highest BCUT2D eigenvalue weighted by molar-refractivity contribution is 5.71. The van der Waals surface area contributed by atoms with Crippen molar-refractivity contribution in [1.82, 2.24) is 20.6 Å². The van der Waals surface area contributed by atoms with Crippen molar-refractivity contribution in [3.05, 3.63) is 59.7 Å². The predicted octanol–water partition coefficient (Wildman–Crippen LogP) is 5.10. The number of aromatic nitrogens is 3. The molecule has 41 heavy (non-hydrogen) atoms. The Balaban J connectivity index is 1.20. The molecule has 1 saturated carbocycles. The molecule has 0 radical (unpaired) electrons. The van der Waals surface area contributed by atoms with E-state index < -0.39 is 35.5 Å². The third-order valence-electron chi connectivity index (χ3n) is 7.56. The Morgan fingerprint density at radius 2 is 1.73 bits per heavy atom.